The van der Waals surface area contributed by atoms with Gasteiger partial charge in [-0.25, -0.2) is 0 Å². The molecule has 0 aliphatic heterocycles. The second-order valence-electron chi connectivity index (χ2n) is 9.65. The molecule has 0 heterocycles. The molecule has 4 aliphatic rings. The summed E-state index contributed by atoms with van der Waals surface area (Å²) >= 11 is 0. The van der Waals surface area contributed by atoms with E-state index in [1.54, 1.807) is 5.57 Å². The van der Waals surface area contributed by atoms with Gasteiger partial charge in [-0.2, -0.15) is 0 Å². The van der Waals surface area contributed by atoms with Gasteiger partial charge in [0.2, 0.25) is 0 Å². The molecule has 4 nitrogen and oxygen atoms in total. The fourth-order valence-corrected chi connectivity index (χ4v) is 7.48. The van der Waals surface area contributed by atoms with Crippen molar-refractivity contribution in [2.45, 2.75) is 78.2 Å². The van der Waals surface area contributed by atoms with Crippen molar-refractivity contribution in [1.82, 2.24) is 0 Å². The Balaban J connectivity index is 1.63. The number of rotatable bonds is 2. The van der Waals surface area contributed by atoms with Gasteiger partial charge in [-0.3, -0.25) is 4.79 Å². The molecule has 0 aromatic heterocycles. The van der Waals surface area contributed by atoms with Gasteiger partial charge in [-0.1, -0.05) is 30.6 Å². The van der Waals surface area contributed by atoms with E-state index in [0.29, 0.717) is 17.1 Å². The minimum Gasteiger partial charge on any atom is -0.300 e. The quantitative estimate of drug-likeness (QED) is 0.269. The number of carbonyl (C=O) groups is 1. The van der Waals surface area contributed by atoms with Crippen molar-refractivity contribution in [3.8, 4) is 0 Å². The van der Waals surface area contributed by atoms with Gasteiger partial charge in [0.1, 0.15) is 5.78 Å². The van der Waals surface area contributed by atoms with Gasteiger partial charge in [-0.05, 0) is 92.4 Å². The molecule has 3 saturated carbocycles. The molecule has 0 saturated heterocycles. The lowest BCUT2D eigenvalue weighted by molar-refractivity contribution is -0.127. The van der Waals surface area contributed by atoms with Crippen molar-refractivity contribution in [2.24, 2.45) is 39.6 Å². The summed E-state index contributed by atoms with van der Waals surface area (Å²) in [6, 6.07) is 0.156. The molecule has 0 radical (unpaired) electrons. The Bertz CT molecular complexity index is 664. The van der Waals surface area contributed by atoms with Crippen molar-refractivity contribution in [1.29, 1.82) is 0 Å². The van der Waals surface area contributed by atoms with E-state index in [-0.39, 0.29) is 17.4 Å². The fraction of sp³-hybridized carbons (Fsp3) is 0.857. The molecule has 0 N–H and O–H groups in total. The highest BCUT2D eigenvalue weighted by Crippen LogP contribution is 2.66. The Labute approximate surface area is 151 Å². The highest BCUT2D eigenvalue weighted by Gasteiger charge is 2.59. The van der Waals surface area contributed by atoms with Crippen LogP contribution in [-0.2, 0) is 4.79 Å². The van der Waals surface area contributed by atoms with E-state index >= 15 is 0 Å². The molecule has 25 heavy (non-hydrogen) atoms. The van der Waals surface area contributed by atoms with Crippen molar-refractivity contribution in [2.75, 3.05) is 0 Å². The molecule has 4 rings (SSSR count). The molecular formula is C21H31N3O. The summed E-state index contributed by atoms with van der Waals surface area (Å²) in [5.74, 6) is 2.91. The lowest BCUT2D eigenvalue weighted by atomic mass is 9.47. The number of nitrogens with zero attached hydrogens (tertiary/aromatic N) is 3. The van der Waals surface area contributed by atoms with Crippen LogP contribution in [0.3, 0.4) is 0 Å². The third-order valence-electron chi connectivity index (χ3n) is 8.78. The Hall–Kier alpha value is -1.28. The number of azide groups is 1. The third-order valence-corrected chi connectivity index (χ3v) is 8.78. The lowest BCUT2D eigenvalue weighted by Gasteiger charge is -2.58. The van der Waals surface area contributed by atoms with Crippen LogP contribution in [0.15, 0.2) is 16.8 Å². The molecule has 0 spiro atoms. The first-order valence-electron chi connectivity index (χ1n) is 10.1. The lowest BCUT2D eigenvalue weighted by Crippen LogP contribution is -2.50. The molecule has 1 unspecified atom stereocenters. The van der Waals surface area contributed by atoms with Gasteiger partial charge in [0.05, 0.1) is 0 Å². The molecule has 0 aromatic carbocycles. The monoisotopic (exact) mass is 341 g/mol. The zero-order chi connectivity index (χ0) is 17.8. The van der Waals surface area contributed by atoms with Crippen LogP contribution >= 0.6 is 0 Å². The van der Waals surface area contributed by atoms with Crippen LogP contribution < -0.4 is 0 Å². The number of Topliss-reactive ketones (excluding diaryl/α,β-unsaturated/α-hetero) is 1. The Morgan fingerprint density at radius 3 is 2.72 bits per heavy atom. The van der Waals surface area contributed by atoms with Crippen LogP contribution in [0.25, 0.3) is 10.4 Å². The van der Waals surface area contributed by atoms with E-state index in [9.17, 15) is 4.79 Å². The summed E-state index contributed by atoms with van der Waals surface area (Å²) in [7, 11) is 0. The number of hydrogen-bond donors (Lipinski definition) is 0. The molecule has 4 aliphatic carbocycles. The van der Waals surface area contributed by atoms with Crippen LogP contribution in [0.2, 0.25) is 0 Å². The minimum absolute atomic E-state index is 0.156. The first-order chi connectivity index (χ1) is 11.9. The van der Waals surface area contributed by atoms with E-state index in [1.807, 2.05) is 6.92 Å². The zero-order valence-electron chi connectivity index (χ0n) is 15.9. The second-order valence-corrected chi connectivity index (χ2v) is 9.65. The van der Waals surface area contributed by atoms with Gasteiger partial charge in [0.25, 0.3) is 0 Å². The maximum atomic E-state index is 12.2. The summed E-state index contributed by atoms with van der Waals surface area (Å²) in [6.07, 6.45) is 11.6. The molecule has 4 heteroatoms. The van der Waals surface area contributed by atoms with Gasteiger partial charge >= 0.3 is 0 Å². The molecule has 7 atom stereocenters. The van der Waals surface area contributed by atoms with Crippen LogP contribution in [0.5, 0.6) is 0 Å². The molecule has 136 valence electrons. The molecule has 0 bridgehead atoms. The summed E-state index contributed by atoms with van der Waals surface area (Å²) < 4.78 is 0. The highest BCUT2D eigenvalue weighted by molar-refractivity contribution is 5.79. The Morgan fingerprint density at radius 2 is 2.00 bits per heavy atom. The average Bonchev–Trinajstić information content (AvgIpc) is 2.93. The van der Waals surface area contributed by atoms with Crippen molar-refractivity contribution in [3.05, 3.63) is 22.1 Å². The van der Waals surface area contributed by atoms with Crippen molar-refractivity contribution in [3.63, 3.8) is 0 Å². The summed E-state index contributed by atoms with van der Waals surface area (Å²) in [6.45, 7) is 6.69. The molecule has 3 fully saturated rings. The van der Waals surface area contributed by atoms with Gasteiger partial charge < -0.3 is 0 Å². The van der Waals surface area contributed by atoms with E-state index in [1.165, 1.54) is 25.7 Å². The SMILES string of the molecule is CC(=O)[C@H]1CC[C@H]2[C@@H]3CC=C4CC(N=[N+]=[N-])CC[C@]4(C)[C@H]3CC[C@]12C. The summed E-state index contributed by atoms with van der Waals surface area (Å²) in [4.78, 5) is 15.2. The van der Waals surface area contributed by atoms with E-state index < -0.39 is 0 Å². The Kier molecular flexibility index (Phi) is 4.03. The minimum atomic E-state index is 0.156. The average molecular weight is 341 g/mol. The summed E-state index contributed by atoms with van der Waals surface area (Å²) in [5.41, 5.74) is 10.9. The molecular weight excluding hydrogens is 310 g/mol. The topological polar surface area (TPSA) is 65.8 Å². The van der Waals surface area contributed by atoms with Crippen LogP contribution in [0.4, 0.5) is 0 Å². The first kappa shape index (κ1) is 17.1. The zero-order valence-corrected chi connectivity index (χ0v) is 15.9. The number of ketones is 1. The normalized spacial score (nSPS) is 48.4. The van der Waals surface area contributed by atoms with Crippen LogP contribution in [0, 0.1) is 34.5 Å². The fourth-order valence-electron chi connectivity index (χ4n) is 7.48. The number of hydrogen-bond acceptors (Lipinski definition) is 2. The van der Waals surface area contributed by atoms with Crippen LogP contribution in [-0.4, -0.2) is 11.8 Å². The number of allylic oxidation sites excluding steroid dienone is 1. The largest absolute Gasteiger partial charge is 0.300 e. The molecule has 0 amide bonds. The van der Waals surface area contributed by atoms with E-state index in [2.05, 4.69) is 29.9 Å². The smallest absolute Gasteiger partial charge is 0.133 e. The van der Waals surface area contributed by atoms with E-state index in [0.717, 1.165) is 37.5 Å². The number of fused-ring (bicyclic) bond motifs is 5. The number of carbonyl (C=O) groups excluding carboxylic acids is 1. The van der Waals surface area contributed by atoms with Gasteiger partial charge in [0.15, 0.2) is 0 Å². The first-order valence-corrected chi connectivity index (χ1v) is 10.1. The predicted octanol–water partition coefficient (Wildman–Crippen LogP) is 5.83. The third kappa shape index (κ3) is 2.40. The highest BCUT2D eigenvalue weighted by atomic mass is 16.1. The second kappa shape index (κ2) is 5.87. The van der Waals surface area contributed by atoms with Crippen molar-refractivity contribution < 1.29 is 4.79 Å². The van der Waals surface area contributed by atoms with Gasteiger partial charge in [-0.15, -0.1) is 0 Å². The van der Waals surface area contributed by atoms with Gasteiger partial charge in [0, 0.05) is 16.9 Å². The standard InChI is InChI=1S/C21H31N3O/c1-13(25)17-6-7-18-16-5-4-14-12-15(23-24-22)8-10-20(14,2)19(16)9-11-21(17,18)3/h4,15-19H,5-12H2,1-3H3/t15?,16-,17+,18-,19-,20-,21+/m0/s1. The maximum absolute atomic E-state index is 12.2. The van der Waals surface area contributed by atoms with E-state index in [4.69, 9.17) is 5.53 Å². The Morgan fingerprint density at radius 1 is 1.20 bits per heavy atom. The van der Waals surface area contributed by atoms with Crippen LogP contribution in [0.1, 0.15) is 72.1 Å². The maximum Gasteiger partial charge on any atom is 0.133 e. The van der Waals surface area contributed by atoms with Crippen molar-refractivity contribution >= 4 is 5.78 Å². The summed E-state index contributed by atoms with van der Waals surface area (Å²) in [5, 5.41) is 4.01. The predicted molar refractivity (Wildman–Crippen MR) is 98.8 cm³/mol. The molecule has 0 aromatic rings.